The van der Waals surface area contributed by atoms with Crippen LogP contribution in [0.2, 0.25) is 0 Å². The van der Waals surface area contributed by atoms with Gasteiger partial charge in [-0.1, -0.05) is 70.4 Å². The molecule has 0 unspecified atom stereocenters. The summed E-state index contributed by atoms with van der Waals surface area (Å²) in [5.74, 6) is -4.14. The van der Waals surface area contributed by atoms with E-state index in [1.165, 1.54) is 7.11 Å². The Bertz CT molecular complexity index is 1870. The van der Waals surface area contributed by atoms with E-state index in [1.54, 1.807) is 52.2 Å². The predicted molar refractivity (Wildman–Crippen MR) is 201 cm³/mol. The number of fused-ring (bicyclic) bond motifs is 1. The monoisotopic (exact) mass is 742 g/mol. The van der Waals surface area contributed by atoms with Gasteiger partial charge in [-0.15, -0.1) is 0 Å². The lowest BCUT2D eigenvalue weighted by Gasteiger charge is -2.31. The normalized spacial score (nSPS) is 18.9. The van der Waals surface area contributed by atoms with E-state index >= 15 is 0 Å². The molecule has 2 aliphatic rings. The number of hydrogen-bond acceptors (Lipinski definition) is 9. The van der Waals surface area contributed by atoms with Crippen LogP contribution in [0.5, 0.6) is 11.5 Å². The van der Waals surface area contributed by atoms with E-state index in [-0.39, 0.29) is 24.3 Å². The third kappa shape index (κ3) is 9.36. The Morgan fingerprint density at radius 1 is 0.926 bits per heavy atom. The van der Waals surface area contributed by atoms with Crippen LogP contribution in [-0.4, -0.2) is 78.2 Å². The van der Waals surface area contributed by atoms with E-state index in [0.717, 1.165) is 37.7 Å². The molecule has 1 aromatic heterocycles. The molecule has 5 rings (SSSR count). The number of amides is 3. The first kappa shape index (κ1) is 39.7. The first-order valence-corrected chi connectivity index (χ1v) is 18.6. The second kappa shape index (κ2) is 18.0. The van der Waals surface area contributed by atoms with Crippen LogP contribution in [0, 0.1) is 17.8 Å². The molecule has 0 radical (unpaired) electrons. The summed E-state index contributed by atoms with van der Waals surface area (Å²) >= 11 is 0. The highest BCUT2D eigenvalue weighted by Crippen LogP contribution is 2.36. The number of carboxylic acid groups (broad SMARTS) is 1. The Morgan fingerprint density at radius 3 is 2.28 bits per heavy atom. The van der Waals surface area contributed by atoms with Gasteiger partial charge in [-0.05, 0) is 49.3 Å². The van der Waals surface area contributed by atoms with Gasteiger partial charge in [0.1, 0.15) is 35.7 Å². The zero-order valence-corrected chi connectivity index (χ0v) is 31.4. The highest BCUT2D eigenvalue weighted by molar-refractivity contribution is 6.03. The number of esters is 1. The van der Waals surface area contributed by atoms with E-state index in [0.29, 0.717) is 28.1 Å². The SMILES string of the molecule is CC[C@H](NC(=O)[C@H]1C[C@H](Oc2cc(-c3ccccc3)nc3cc(OC)ccc23)C=C1C(=O)N[C@@H](C(=O)N[C@@H](C(=O)OC)C1CCCCC1)C(C)C)C(=O)O. The number of ether oxygens (including phenoxy) is 3. The zero-order valence-electron chi connectivity index (χ0n) is 31.4. The first-order valence-electron chi connectivity index (χ1n) is 18.6. The molecule has 1 heterocycles. The summed E-state index contributed by atoms with van der Waals surface area (Å²) in [7, 11) is 2.85. The van der Waals surface area contributed by atoms with Gasteiger partial charge in [-0.2, -0.15) is 0 Å². The molecule has 2 aliphatic carbocycles. The van der Waals surface area contributed by atoms with Crippen LogP contribution < -0.4 is 25.4 Å². The molecule has 13 heteroatoms. The molecule has 13 nitrogen and oxygen atoms in total. The molecule has 54 heavy (non-hydrogen) atoms. The van der Waals surface area contributed by atoms with Crippen LogP contribution >= 0.6 is 0 Å². The lowest BCUT2D eigenvalue weighted by Crippen LogP contribution is -2.56. The topological polar surface area (TPSA) is 182 Å². The van der Waals surface area contributed by atoms with Crippen molar-refractivity contribution in [2.24, 2.45) is 17.8 Å². The zero-order chi connectivity index (χ0) is 38.9. The maximum atomic E-state index is 14.1. The predicted octanol–water partition coefficient (Wildman–Crippen LogP) is 4.96. The molecule has 288 valence electrons. The van der Waals surface area contributed by atoms with Gasteiger partial charge >= 0.3 is 11.9 Å². The van der Waals surface area contributed by atoms with Crippen molar-refractivity contribution in [1.29, 1.82) is 0 Å². The van der Waals surface area contributed by atoms with Gasteiger partial charge in [-0.25, -0.2) is 14.6 Å². The summed E-state index contributed by atoms with van der Waals surface area (Å²) < 4.78 is 17.0. The van der Waals surface area contributed by atoms with Crippen molar-refractivity contribution in [3.05, 3.63) is 66.2 Å². The highest BCUT2D eigenvalue weighted by Gasteiger charge is 2.40. The average Bonchev–Trinajstić information content (AvgIpc) is 3.61. The van der Waals surface area contributed by atoms with Crippen LogP contribution in [-0.2, 0) is 28.7 Å². The van der Waals surface area contributed by atoms with Gasteiger partial charge in [0.15, 0.2) is 0 Å². The molecule has 0 spiro atoms. The van der Waals surface area contributed by atoms with Gasteiger partial charge in [0.25, 0.3) is 0 Å². The van der Waals surface area contributed by atoms with E-state index in [4.69, 9.17) is 19.2 Å². The Hall–Kier alpha value is -5.46. The van der Waals surface area contributed by atoms with E-state index in [9.17, 15) is 29.1 Å². The smallest absolute Gasteiger partial charge is 0.328 e. The molecule has 0 saturated heterocycles. The standard InChI is InChI=1S/C41H50N4O9/c1-6-31(40(49)50)43-37(46)29-19-27(54-34-22-32(24-13-9-7-10-14-24)42-33-21-26(52-4)17-18-28(33)34)20-30(29)38(47)44-35(23(2)3)39(48)45-36(41(51)53-5)25-15-11-8-12-16-25/h7,9-10,13-14,17-18,20-23,25,27,29,31,35-36H,6,8,11-12,15-16,19H2,1-5H3,(H,43,46)(H,44,47)(H,45,48)(H,49,50)/t27-,29-,31-,35+,36+/m0/s1. The fourth-order valence-electron chi connectivity index (χ4n) is 7.21. The van der Waals surface area contributed by atoms with Crippen LogP contribution in [0.25, 0.3) is 22.2 Å². The van der Waals surface area contributed by atoms with Gasteiger partial charge in [0, 0.05) is 35.1 Å². The van der Waals surface area contributed by atoms with Crippen LogP contribution in [0.1, 0.15) is 65.7 Å². The van der Waals surface area contributed by atoms with E-state index < -0.39 is 65.7 Å². The van der Waals surface area contributed by atoms with E-state index in [2.05, 4.69) is 16.0 Å². The lowest BCUT2D eigenvalue weighted by molar-refractivity contribution is -0.147. The summed E-state index contributed by atoms with van der Waals surface area (Å²) in [5.41, 5.74) is 2.13. The Balaban J connectivity index is 1.46. The fourth-order valence-corrected chi connectivity index (χ4v) is 7.21. The third-order valence-corrected chi connectivity index (χ3v) is 10.2. The molecular weight excluding hydrogens is 692 g/mol. The van der Waals surface area contributed by atoms with Crippen molar-refractivity contribution in [2.75, 3.05) is 14.2 Å². The summed E-state index contributed by atoms with van der Waals surface area (Å²) in [6.07, 6.45) is 5.40. The minimum Gasteiger partial charge on any atom is -0.497 e. The average molecular weight is 743 g/mol. The van der Waals surface area contributed by atoms with Crippen molar-refractivity contribution >= 4 is 40.6 Å². The third-order valence-electron chi connectivity index (χ3n) is 10.2. The Morgan fingerprint density at radius 2 is 1.65 bits per heavy atom. The fraction of sp³-hybridized carbons (Fsp3) is 0.463. The van der Waals surface area contributed by atoms with Gasteiger partial charge in [0.2, 0.25) is 17.7 Å². The molecule has 4 N–H and O–H groups in total. The number of carboxylic acids is 1. The number of hydrogen-bond donors (Lipinski definition) is 4. The maximum absolute atomic E-state index is 14.1. The molecule has 0 aliphatic heterocycles. The molecule has 3 amide bonds. The number of aliphatic carboxylic acids is 1. The minimum absolute atomic E-state index is 0.0237. The van der Waals surface area contributed by atoms with Crippen molar-refractivity contribution in [2.45, 2.75) is 89.9 Å². The molecule has 1 saturated carbocycles. The number of aromatic nitrogens is 1. The maximum Gasteiger partial charge on any atom is 0.328 e. The number of nitrogens with zero attached hydrogens (tertiary/aromatic N) is 1. The molecular formula is C41H50N4O9. The molecule has 2 aromatic carbocycles. The first-order chi connectivity index (χ1) is 25.9. The summed E-state index contributed by atoms with van der Waals surface area (Å²) in [6, 6.07) is 13.7. The Kier molecular flexibility index (Phi) is 13.3. The molecule has 1 fully saturated rings. The second-order valence-corrected chi connectivity index (χ2v) is 14.2. The quantitative estimate of drug-likeness (QED) is 0.155. The van der Waals surface area contributed by atoms with Crippen molar-refractivity contribution < 1.29 is 43.3 Å². The summed E-state index contributed by atoms with van der Waals surface area (Å²) in [6.45, 7) is 5.17. The molecule has 5 atom stereocenters. The molecule has 3 aromatic rings. The number of benzene rings is 2. The second-order valence-electron chi connectivity index (χ2n) is 14.2. The van der Waals surface area contributed by atoms with Crippen LogP contribution in [0.3, 0.4) is 0 Å². The van der Waals surface area contributed by atoms with Crippen molar-refractivity contribution in [3.8, 4) is 22.8 Å². The van der Waals surface area contributed by atoms with Crippen molar-refractivity contribution in [3.63, 3.8) is 0 Å². The van der Waals surface area contributed by atoms with Gasteiger partial charge in [-0.3, -0.25) is 14.4 Å². The summed E-state index contributed by atoms with van der Waals surface area (Å²) in [5, 5.41) is 18.6. The molecule has 0 bridgehead atoms. The van der Waals surface area contributed by atoms with Gasteiger partial charge in [0.05, 0.1) is 31.3 Å². The Labute approximate surface area is 315 Å². The number of pyridine rings is 1. The lowest BCUT2D eigenvalue weighted by atomic mass is 9.83. The number of methoxy groups -OCH3 is 2. The van der Waals surface area contributed by atoms with Crippen LogP contribution in [0.15, 0.2) is 66.2 Å². The van der Waals surface area contributed by atoms with E-state index in [1.807, 2.05) is 36.4 Å². The van der Waals surface area contributed by atoms with Crippen LogP contribution in [0.4, 0.5) is 0 Å². The number of carbonyl (C=O) groups excluding carboxylic acids is 4. The number of nitrogens with one attached hydrogen (secondary N) is 3. The largest absolute Gasteiger partial charge is 0.497 e. The number of carbonyl (C=O) groups is 5. The highest BCUT2D eigenvalue weighted by atomic mass is 16.5. The van der Waals surface area contributed by atoms with Crippen molar-refractivity contribution in [1.82, 2.24) is 20.9 Å². The number of rotatable bonds is 15. The minimum atomic E-state index is -1.20. The van der Waals surface area contributed by atoms with Gasteiger partial charge < -0.3 is 35.3 Å². The summed E-state index contributed by atoms with van der Waals surface area (Å²) in [4.78, 5) is 71.2.